The summed E-state index contributed by atoms with van der Waals surface area (Å²) >= 11 is 11.7. The molecule has 0 amide bonds. The first-order chi connectivity index (χ1) is 6.06. The van der Waals surface area contributed by atoms with Crippen molar-refractivity contribution in [2.24, 2.45) is 0 Å². The lowest BCUT2D eigenvalue weighted by atomic mass is 10.1. The summed E-state index contributed by atoms with van der Waals surface area (Å²) in [6.45, 7) is 2.00. The molecule has 72 valence electrons. The number of hydrogen-bond acceptors (Lipinski definition) is 2. The van der Waals surface area contributed by atoms with Gasteiger partial charge in [0.05, 0.1) is 10.7 Å². The van der Waals surface area contributed by atoms with Gasteiger partial charge in [0.1, 0.15) is 0 Å². The van der Waals surface area contributed by atoms with Crippen molar-refractivity contribution in [3.8, 4) is 0 Å². The van der Waals surface area contributed by atoms with E-state index >= 15 is 0 Å². The highest BCUT2D eigenvalue weighted by Gasteiger charge is 2.10. The van der Waals surface area contributed by atoms with Crippen molar-refractivity contribution in [1.82, 2.24) is 5.32 Å². The molecule has 0 saturated heterocycles. The second kappa shape index (κ2) is 4.18. The van der Waals surface area contributed by atoms with Crippen molar-refractivity contribution >= 4 is 28.9 Å². The Hall–Kier alpha value is -0.440. The van der Waals surface area contributed by atoms with E-state index in [4.69, 9.17) is 28.9 Å². The van der Waals surface area contributed by atoms with Gasteiger partial charge in [0.2, 0.25) is 0 Å². The van der Waals surface area contributed by atoms with Crippen LogP contribution in [0.5, 0.6) is 0 Å². The molecule has 0 aromatic heterocycles. The van der Waals surface area contributed by atoms with E-state index in [0.29, 0.717) is 15.7 Å². The molecule has 1 rings (SSSR count). The molecule has 0 heterocycles. The number of nitrogens with one attached hydrogen (secondary N) is 1. The van der Waals surface area contributed by atoms with Crippen LogP contribution in [0.15, 0.2) is 12.1 Å². The molecular weight excluding hydrogens is 207 g/mol. The van der Waals surface area contributed by atoms with E-state index in [1.165, 1.54) is 0 Å². The van der Waals surface area contributed by atoms with Crippen molar-refractivity contribution in [2.75, 3.05) is 12.8 Å². The van der Waals surface area contributed by atoms with Gasteiger partial charge in [-0.2, -0.15) is 0 Å². The maximum atomic E-state index is 5.88. The molecule has 0 aliphatic carbocycles. The summed E-state index contributed by atoms with van der Waals surface area (Å²) in [4.78, 5) is 0. The number of hydrogen-bond donors (Lipinski definition) is 2. The van der Waals surface area contributed by atoms with Crippen LogP contribution in [0.4, 0.5) is 5.69 Å². The zero-order chi connectivity index (χ0) is 10.0. The molecule has 13 heavy (non-hydrogen) atoms. The van der Waals surface area contributed by atoms with Crippen LogP contribution in [-0.4, -0.2) is 7.05 Å². The number of halogens is 2. The van der Waals surface area contributed by atoms with Crippen LogP contribution in [0.1, 0.15) is 18.5 Å². The van der Waals surface area contributed by atoms with Gasteiger partial charge in [-0.05, 0) is 31.7 Å². The monoisotopic (exact) mass is 218 g/mol. The molecule has 3 N–H and O–H groups in total. The maximum Gasteiger partial charge on any atom is 0.0653 e. The fourth-order valence-electron chi connectivity index (χ4n) is 1.12. The third kappa shape index (κ3) is 2.27. The third-order valence-corrected chi connectivity index (χ3v) is 2.56. The molecule has 0 saturated carbocycles. The Kier molecular flexibility index (Phi) is 3.42. The van der Waals surface area contributed by atoms with Crippen molar-refractivity contribution in [1.29, 1.82) is 0 Å². The van der Waals surface area contributed by atoms with Crippen LogP contribution in [0, 0.1) is 0 Å². The molecule has 0 radical (unpaired) electrons. The minimum absolute atomic E-state index is 0.149. The quantitative estimate of drug-likeness (QED) is 0.750. The van der Waals surface area contributed by atoms with Gasteiger partial charge in [0.15, 0.2) is 0 Å². The highest BCUT2D eigenvalue weighted by Crippen LogP contribution is 2.31. The van der Waals surface area contributed by atoms with Crippen LogP contribution < -0.4 is 11.1 Å². The lowest BCUT2D eigenvalue weighted by molar-refractivity contribution is 0.654. The van der Waals surface area contributed by atoms with Gasteiger partial charge < -0.3 is 11.1 Å². The van der Waals surface area contributed by atoms with Crippen LogP contribution in [0.2, 0.25) is 10.0 Å². The second-order valence-electron chi connectivity index (χ2n) is 2.90. The Morgan fingerprint density at radius 2 is 2.00 bits per heavy atom. The van der Waals surface area contributed by atoms with Crippen molar-refractivity contribution in [3.05, 3.63) is 27.7 Å². The Bertz CT molecular complexity index is 313. The van der Waals surface area contributed by atoms with Crippen LogP contribution in [-0.2, 0) is 0 Å². The predicted molar refractivity (Wildman–Crippen MR) is 58.3 cm³/mol. The minimum Gasteiger partial charge on any atom is -0.397 e. The van der Waals surface area contributed by atoms with Crippen LogP contribution in [0.3, 0.4) is 0 Å². The summed E-state index contributed by atoms with van der Waals surface area (Å²) in [6.07, 6.45) is 0. The normalized spacial score (nSPS) is 12.9. The van der Waals surface area contributed by atoms with E-state index in [1.54, 1.807) is 6.07 Å². The smallest absolute Gasteiger partial charge is 0.0653 e. The van der Waals surface area contributed by atoms with E-state index in [1.807, 2.05) is 20.0 Å². The lowest BCUT2D eigenvalue weighted by Crippen LogP contribution is -2.14. The fraction of sp³-hybridized carbons (Fsp3) is 0.333. The zero-order valence-electron chi connectivity index (χ0n) is 7.57. The summed E-state index contributed by atoms with van der Waals surface area (Å²) in [5, 5.41) is 4.19. The number of anilines is 1. The summed E-state index contributed by atoms with van der Waals surface area (Å²) in [5.41, 5.74) is 7.32. The zero-order valence-corrected chi connectivity index (χ0v) is 9.08. The minimum atomic E-state index is 0.149. The molecule has 1 aromatic carbocycles. The summed E-state index contributed by atoms with van der Waals surface area (Å²) < 4.78 is 0. The standard InChI is InChI=1S/C9H12Cl2N2/c1-5(13-2)7-3-6(10)4-8(11)9(7)12/h3-5,13H,12H2,1-2H3/t5-/m1/s1. The molecule has 2 nitrogen and oxygen atoms in total. The Morgan fingerprint density at radius 1 is 1.38 bits per heavy atom. The lowest BCUT2D eigenvalue weighted by Gasteiger charge is -2.14. The van der Waals surface area contributed by atoms with Gasteiger partial charge in [-0.1, -0.05) is 23.2 Å². The SMILES string of the molecule is CN[C@H](C)c1cc(Cl)cc(Cl)c1N. The van der Waals surface area contributed by atoms with Crippen LogP contribution >= 0.6 is 23.2 Å². The fourth-order valence-corrected chi connectivity index (χ4v) is 1.63. The molecule has 1 atom stereocenters. The first-order valence-electron chi connectivity index (χ1n) is 3.98. The Balaban J connectivity index is 3.20. The van der Waals surface area contributed by atoms with Crippen molar-refractivity contribution in [2.45, 2.75) is 13.0 Å². The molecule has 1 aromatic rings. The highest BCUT2D eigenvalue weighted by molar-refractivity contribution is 6.36. The first-order valence-corrected chi connectivity index (χ1v) is 4.73. The average molecular weight is 219 g/mol. The molecular formula is C9H12Cl2N2. The summed E-state index contributed by atoms with van der Waals surface area (Å²) in [7, 11) is 1.86. The molecule has 0 aliphatic heterocycles. The van der Waals surface area contributed by atoms with Gasteiger partial charge in [-0.3, -0.25) is 0 Å². The first kappa shape index (κ1) is 10.6. The van der Waals surface area contributed by atoms with E-state index in [-0.39, 0.29) is 6.04 Å². The maximum absolute atomic E-state index is 5.88. The third-order valence-electron chi connectivity index (χ3n) is 2.03. The van der Waals surface area contributed by atoms with Crippen LogP contribution in [0.25, 0.3) is 0 Å². The Labute approximate surface area is 88.0 Å². The predicted octanol–water partition coefficient (Wildman–Crippen LogP) is 2.86. The molecule has 0 bridgehead atoms. The molecule has 0 fully saturated rings. The van der Waals surface area contributed by atoms with Gasteiger partial charge >= 0.3 is 0 Å². The molecule has 0 unspecified atom stereocenters. The number of benzene rings is 1. The second-order valence-corrected chi connectivity index (χ2v) is 3.74. The van der Waals surface area contributed by atoms with E-state index in [9.17, 15) is 0 Å². The summed E-state index contributed by atoms with van der Waals surface area (Å²) in [5.74, 6) is 0. The van der Waals surface area contributed by atoms with Gasteiger partial charge in [0.25, 0.3) is 0 Å². The van der Waals surface area contributed by atoms with E-state index < -0.39 is 0 Å². The highest BCUT2D eigenvalue weighted by atomic mass is 35.5. The van der Waals surface area contributed by atoms with Crippen molar-refractivity contribution in [3.63, 3.8) is 0 Å². The van der Waals surface area contributed by atoms with Gasteiger partial charge in [-0.15, -0.1) is 0 Å². The molecule has 0 spiro atoms. The van der Waals surface area contributed by atoms with Gasteiger partial charge in [-0.25, -0.2) is 0 Å². The van der Waals surface area contributed by atoms with E-state index in [2.05, 4.69) is 5.32 Å². The van der Waals surface area contributed by atoms with Crippen molar-refractivity contribution < 1.29 is 0 Å². The average Bonchev–Trinajstić information content (AvgIpc) is 2.10. The molecule has 0 aliphatic rings. The Morgan fingerprint density at radius 3 is 2.54 bits per heavy atom. The van der Waals surface area contributed by atoms with Gasteiger partial charge in [0, 0.05) is 11.1 Å². The topological polar surface area (TPSA) is 38.0 Å². The van der Waals surface area contributed by atoms with E-state index in [0.717, 1.165) is 5.56 Å². The number of rotatable bonds is 2. The number of nitrogens with two attached hydrogens (primary N) is 1. The summed E-state index contributed by atoms with van der Waals surface area (Å²) in [6, 6.07) is 3.62. The number of nitrogen functional groups attached to an aromatic ring is 1. The largest absolute Gasteiger partial charge is 0.397 e. The molecule has 4 heteroatoms.